The largest absolute Gasteiger partial charge is 0.497 e. The van der Waals surface area contributed by atoms with Crippen LogP contribution < -0.4 is 4.74 Å². The molecule has 0 saturated heterocycles. The highest BCUT2D eigenvalue weighted by Crippen LogP contribution is 2.19. The molecule has 0 aromatic heterocycles. The average molecular weight is 254 g/mol. The van der Waals surface area contributed by atoms with Gasteiger partial charge in [-0.15, -0.1) is 0 Å². The molecule has 0 N–H and O–H groups in total. The van der Waals surface area contributed by atoms with E-state index in [0.717, 1.165) is 16.9 Å². The van der Waals surface area contributed by atoms with Gasteiger partial charge in [0, 0.05) is 12.3 Å². The summed E-state index contributed by atoms with van der Waals surface area (Å²) in [6.07, 6.45) is 0.438. The fourth-order valence-corrected chi connectivity index (χ4v) is 2.06. The second kappa shape index (κ2) is 6.19. The number of methoxy groups -OCH3 is 1. The van der Waals surface area contributed by atoms with Crippen LogP contribution in [0.1, 0.15) is 24.0 Å². The summed E-state index contributed by atoms with van der Waals surface area (Å²) < 4.78 is 5.17. The Labute approximate surface area is 114 Å². The minimum absolute atomic E-state index is 0.0765. The van der Waals surface area contributed by atoms with E-state index in [4.69, 9.17) is 4.74 Å². The van der Waals surface area contributed by atoms with Crippen LogP contribution in [0.15, 0.2) is 54.6 Å². The van der Waals surface area contributed by atoms with Crippen molar-refractivity contribution in [2.45, 2.75) is 19.3 Å². The van der Waals surface area contributed by atoms with E-state index >= 15 is 0 Å². The summed E-state index contributed by atoms with van der Waals surface area (Å²) in [4.78, 5) is 12.3. The van der Waals surface area contributed by atoms with E-state index in [9.17, 15) is 4.79 Å². The molecular weight excluding hydrogens is 236 g/mol. The van der Waals surface area contributed by atoms with Gasteiger partial charge in [0.25, 0.3) is 0 Å². The second-order valence-electron chi connectivity index (χ2n) is 4.63. The first-order chi connectivity index (χ1) is 9.20. The SMILES string of the molecule is COc1cccc(CC(=O)C(C)c2ccccc2)c1. The molecule has 0 heterocycles. The molecule has 19 heavy (non-hydrogen) atoms. The van der Waals surface area contributed by atoms with Gasteiger partial charge in [-0.1, -0.05) is 49.4 Å². The van der Waals surface area contributed by atoms with Gasteiger partial charge in [-0.2, -0.15) is 0 Å². The Kier molecular flexibility index (Phi) is 4.35. The fourth-order valence-electron chi connectivity index (χ4n) is 2.06. The van der Waals surface area contributed by atoms with Crippen LogP contribution in [-0.4, -0.2) is 12.9 Å². The highest BCUT2D eigenvalue weighted by Gasteiger charge is 2.15. The summed E-state index contributed by atoms with van der Waals surface area (Å²) in [5.41, 5.74) is 2.06. The lowest BCUT2D eigenvalue weighted by Crippen LogP contribution is -2.12. The summed E-state index contributed by atoms with van der Waals surface area (Å²) in [6, 6.07) is 17.5. The van der Waals surface area contributed by atoms with Gasteiger partial charge in [0.1, 0.15) is 11.5 Å². The van der Waals surface area contributed by atoms with Crippen molar-refractivity contribution in [3.63, 3.8) is 0 Å². The maximum atomic E-state index is 12.3. The summed E-state index contributed by atoms with van der Waals surface area (Å²) in [5, 5.41) is 0. The van der Waals surface area contributed by atoms with Crippen molar-refractivity contribution in [2.75, 3.05) is 7.11 Å². The third-order valence-corrected chi connectivity index (χ3v) is 3.30. The predicted molar refractivity (Wildman–Crippen MR) is 76.6 cm³/mol. The molecule has 0 fully saturated rings. The molecule has 1 atom stereocenters. The van der Waals surface area contributed by atoms with Crippen LogP contribution in [0.4, 0.5) is 0 Å². The van der Waals surface area contributed by atoms with Gasteiger partial charge >= 0.3 is 0 Å². The molecule has 0 radical (unpaired) electrons. The molecule has 1 unspecified atom stereocenters. The number of hydrogen-bond donors (Lipinski definition) is 0. The zero-order valence-electron chi connectivity index (χ0n) is 11.3. The summed E-state index contributed by atoms with van der Waals surface area (Å²) in [5.74, 6) is 0.935. The van der Waals surface area contributed by atoms with Gasteiger partial charge in [0.2, 0.25) is 0 Å². The first-order valence-corrected chi connectivity index (χ1v) is 6.41. The Morgan fingerprint density at radius 3 is 2.53 bits per heavy atom. The van der Waals surface area contributed by atoms with Gasteiger partial charge < -0.3 is 4.74 Å². The van der Waals surface area contributed by atoms with Crippen molar-refractivity contribution < 1.29 is 9.53 Å². The minimum atomic E-state index is -0.0765. The van der Waals surface area contributed by atoms with Crippen LogP contribution in [-0.2, 0) is 11.2 Å². The molecule has 0 bridgehead atoms. The Hall–Kier alpha value is -2.09. The van der Waals surface area contributed by atoms with Crippen molar-refractivity contribution in [1.29, 1.82) is 0 Å². The van der Waals surface area contributed by atoms with E-state index < -0.39 is 0 Å². The van der Waals surface area contributed by atoms with Crippen LogP contribution in [0, 0.1) is 0 Å². The van der Waals surface area contributed by atoms with Crippen LogP contribution in [0.3, 0.4) is 0 Å². The van der Waals surface area contributed by atoms with Gasteiger partial charge in [-0.05, 0) is 23.3 Å². The fraction of sp³-hybridized carbons (Fsp3) is 0.235. The summed E-state index contributed by atoms with van der Waals surface area (Å²) in [6.45, 7) is 1.96. The Bertz CT molecular complexity index is 546. The molecule has 0 saturated carbocycles. The van der Waals surface area contributed by atoms with Crippen molar-refractivity contribution >= 4 is 5.78 Å². The topological polar surface area (TPSA) is 26.3 Å². The smallest absolute Gasteiger partial charge is 0.144 e. The lowest BCUT2D eigenvalue weighted by Gasteiger charge is -2.11. The van der Waals surface area contributed by atoms with E-state index in [1.165, 1.54) is 0 Å². The lowest BCUT2D eigenvalue weighted by atomic mass is 9.93. The molecule has 98 valence electrons. The third kappa shape index (κ3) is 3.44. The number of Topliss-reactive ketones (excluding diaryl/α,β-unsaturated/α-hetero) is 1. The molecule has 2 nitrogen and oxygen atoms in total. The zero-order chi connectivity index (χ0) is 13.7. The first-order valence-electron chi connectivity index (χ1n) is 6.41. The van der Waals surface area contributed by atoms with Crippen molar-refractivity contribution in [3.05, 3.63) is 65.7 Å². The molecule has 0 aliphatic carbocycles. The number of rotatable bonds is 5. The minimum Gasteiger partial charge on any atom is -0.497 e. The number of hydrogen-bond acceptors (Lipinski definition) is 2. The quantitative estimate of drug-likeness (QED) is 0.814. The van der Waals surface area contributed by atoms with Gasteiger partial charge in [0.15, 0.2) is 0 Å². The van der Waals surface area contributed by atoms with Crippen molar-refractivity contribution in [2.24, 2.45) is 0 Å². The molecule has 2 aromatic rings. The maximum absolute atomic E-state index is 12.3. The number of ether oxygens (including phenoxy) is 1. The van der Waals surface area contributed by atoms with Crippen LogP contribution in [0.5, 0.6) is 5.75 Å². The molecule has 2 rings (SSSR count). The van der Waals surface area contributed by atoms with Crippen LogP contribution in [0.25, 0.3) is 0 Å². The number of benzene rings is 2. The first kappa shape index (κ1) is 13.3. The highest BCUT2D eigenvalue weighted by molar-refractivity contribution is 5.87. The van der Waals surface area contributed by atoms with E-state index in [0.29, 0.717) is 6.42 Å². The molecule has 0 amide bonds. The van der Waals surface area contributed by atoms with E-state index in [1.807, 2.05) is 61.5 Å². The zero-order valence-corrected chi connectivity index (χ0v) is 11.3. The molecule has 0 spiro atoms. The highest BCUT2D eigenvalue weighted by atomic mass is 16.5. The standard InChI is InChI=1S/C17H18O2/c1-13(15-8-4-3-5-9-15)17(18)12-14-7-6-10-16(11-14)19-2/h3-11,13H,12H2,1-2H3. The van der Waals surface area contributed by atoms with Crippen LogP contribution >= 0.6 is 0 Å². The Morgan fingerprint density at radius 2 is 1.84 bits per heavy atom. The normalized spacial score (nSPS) is 11.9. The molecule has 0 aliphatic rings. The Morgan fingerprint density at radius 1 is 1.11 bits per heavy atom. The summed E-state index contributed by atoms with van der Waals surface area (Å²) in [7, 11) is 1.63. The second-order valence-corrected chi connectivity index (χ2v) is 4.63. The van der Waals surface area contributed by atoms with E-state index in [1.54, 1.807) is 7.11 Å². The van der Waals surface area contributed by atoms with Gasteiger partial charge in [0.05, 0.1) is 7.11 Å². The van der Waals surface area contributed by atoms with Crippen LogP contribution in [0.2, 0.25) is 0 Å². The van der Waals surface area contributed by atoms with Crippen molar-refractivity contribution in [3.8, 4) is 5.75 Å². The number of ketones is 1. The molecule has 0 aliphatic heterocycles. The Balaban J connectivity index is 2.08. The number of carbonyl (C=O) groups is 1. The molecular formula is C17H18O2. The average Bonchev–Trinajstić information content (AvgIpc) is 2.47. The molecule has 2 heteroatoms. The third-order valence-electron chi connectivity index (χ3n) is 3.30. The monoisotopic (exact) mass is 254 g/mol. The lowest BCUT2D eigenvalue weighted by molar-refractivity contribution is -0.119. The van der Waals surface area contributed by atoms with E-state index in [2.05, 4.69) is 0 Å². The maximum Gasteiger partial charge on any atom is 0.144 e. The van der Waals surface area contributed by atoms with Gasteiger partial charge in [-0.25, -0.2) is 0 Å². The molecule has 2 aromatic carbocycles. The summed E-state index contributed by atoms with van der Waals surface area (Å²) >= 11 is 0. The van der Waals surface area contributed by atoms with E-state index in [-0.39, 0.29) is 11.7 Å². The van der Waals surface area contributed by atoms with Crippen molar-refractivity contribution in [1.82, 2.24) is 0 Å². The van der Waals surface area contributed by atoms with Gasteiger partial charge in [-0.3, -0.25) is 4.79 Å². The predicted octanol–water partition coefficient (Wildman–Crippen LogP) is 3.61. The number of carbonyl (C=O) groups excluding carboxylic acids is 1.